The maximum atomic E-state index is 13.9. The SMILES string of the molecule is CC(=O)NCC1CN(S(=O)(=O)c2cn(C(C)F)nc2C)c2cc(NC(=O)OCc3ccccc3)ccc2O1. The van der Waals surface area contributed by atoms with Crippen LogP contribution in [0.3, 0.4) is 0 Å². The van der Waals surface area contributed by atoms with Gasteiger partial charge in [0, 0.05) is 18.8 Å². The summed E-state index contributed by atoms with van der Waals surface area (Å²) in [6.45, 7) is 4.03. The van der Waals surface area contributed by atoms with Crippen molar-refractivity contribution in [2.45, 2.75) is 44.7 Å². The van der Waals surface area contributed by atoms with E-state index in [1.807, 2.05) is 30.3 Å². The summed E-state index contributed by atoms with van der Waals surface area (Å²) in [5.74, 6) is -0.0706. The van der Waals surface area contributed by atoms with Crippen molar-refractivity contribution in [2.75, 3.05) is 22.7 Å². The molecule has 0 aliphatic carbocycles. The van der Waals surface area contributed by atoms with Crippen LogP contribution in [-0.2, 0) is 26.2 Å². The van der Waals surface area contributed by atoms with E-state index in [1.165, 1.54) is 32.9 Å². The molecule has 1 aliphatic heterocycles. The molecule has 202 valence electrons. The summed E-state index contributed by atoms with van der Waals surface area (Å²) in [7, 11) is -4.24. The molecule has 0 fully saturated rings. The molecule has 1 aromatic heterocycles. The summed E-state index contributed by atoms with van der Waals surface area (Å²) in [5, 5.41) is 9.20. The Morgan fingerprint density at radius 3 is 2.63 bits per heavy atom. The molecule has 0 saturated heterocycles. The molecule has 13 heteroatoms. The number of halogens is 1. The van der Waals surface area contributed by atoms with Crippen molar-refractivity contribution in [3.05, 3.63) is 66.0 Å². The van der Waals surface area contributed by atoms with Crippen molar-refractivity contribution in [3.63, 3.8) is 0 Å². The quantitative estimate of drug-likeness (QED) is 0.443. The standard InChI is InChI=1S/C25H28FN5O6S/c1-16-24(14-30(29-16)17(2)26)38(34,35)31-13-21(12-27-18(3)32)37-23-10-9-20(11-22(23)31)28-25(33)36-15-19-7-5-4-6-8-19/h4-11,14,17,21H,12-13,15H2,1-3H3,(H,27,32)(H,28,33). The molecule has 2 atom stereocenters. The second-order valence-corrected chi connectivity index (χ2v) is 10.5. The lowest BCUT2D eigenvalue weighted by Gasteiger charge is -2.35. The molecule has 0 spiro atoms. The summed E-state index contributed by atoms with van der Waals surface area (Å²) in [6, 6.07) is 13.6. The van der Waals surface area contributed by atoms with Gasteiger partial charge in [-0.1, -0.05) is 30.3 Å². The number of alkyl halides is 1. The van der Waals surface area contributed by atoms with E-state index in [-0.39, 0.29) is 53.3 Å². The number of hydrogen-bond donors (Lipinski definition) is 2. The molecule has 0 radical (unpaired) electrons. The van der Waals surface area contributed by atoms with Crippen LogP contribution in [0.2, 0.25) is 0 Å². The van der Waals surface area contributed by atoms with E-state index in [0.29, 0.717) is 0 Å². The van der Waals surface area contributed by atoms with Crippen molar-refractivity contribution in [1.29, 1.82) is 0 Å². The van der Waals surface area contributed by atoms with Crippen LogP contribution in [0.5, 0.6) is 5.75 Å². The Balaban J connectivity index is 1.62. The highest BCUT2D eigenvalue weighted by atomic mass is 32.2. The third kappa shape index (κ3) is 6.05. The normalized spacial score (nSPS) is 15.7. The molecule has 2 aromatic carbocycles. The van der Waals surface area contributed by atoms with Gasteiger partial charge in [0.05, 0.1) is 24.5 Å². The van der Waals surface area contributed by atoms with Gasteiger partial charge in [0.2, 0.25) is 5.91 Å². The van der Waals surface area contributed by atoms with Gasteiger partial charge in [0.15, 0.2) is 6.30 Å². The van der Waals surface area contributed by atoms with Crippen LogP contribution in [0, 0.1) is 6.92 Å². The summed E-state index contributed by atoms with van der Waals surface area (Å²) >= 11 is 0. The van der Waals surface area contributed by atoms with E-state index in [2.05, 4.69) is 15.7 Å². The number of aryl methyl sites for hydroxylation is 1. The van der Waals surface area contributed by atoms with Gasteiger partial charge in [-0.3, -0.25) is 14.4 Å². The Morgan fingerprint density at radius 2 is 1.97 bits per heavy atom. The van der Waals surface area contributed by atoms with Crippen LogP contribution in [-0.4, -0.2) is 49.4 Å². The minimum Gasteiger partial charge on any atom is -0.484 e. The molecule has 2 amide bonds. The fraction of sp³-hybridized carbons (Fsp3) is 0.320. The fourth-order valence-electron chi connectivity index (χ4n) is 3.88. The molecule has 3 aromatic rings. The van der Waals surface area contributed by atoms with E-state index in [1.54, 1.807) is 6.07 Å². The Kier molecular flexibility index (Phi) is 7.86. The average Bonchev–Trinajstić information content (AvgIpc) is 3.29. The van der Waals surface area contributed by atoms with E-state index < -0.39 is 28.5 Å². The molecule has 0 saturated carbocycles. The zero-order valence-corrected chi connectivity index (χ0v) is 21.9. The van der Waals surface area contributed by atoms with Gasteiger partial charge in [-0.2, -0.15) is 5.10 Å². The van der Waals surface area contributed by atoms with E-state index in [0.717, 1.165) is 20.7 Å². The minimum absolute atomic E-state index is 0.0579. The van der Waals surface area contributed by atoms with Gasteiger partial charge >= 0.3 is 6.09 Å². The number of anilines is 2. The second kappa shape index (κ2) is 11.1. The maximum Gasteiger partial charge on any atom is 0.411 e. The lowest BCUT2D eigenvalue weighted by Crippen LogP contribution is -2.48. The number of hydrogen-bond acceptors (Lipinski definition) is 7. The lowest BCUT2D eigenvalue weighted by molar-refractivity contribution is -0.119. The number of amides is 2. The van der Waals surface area contributed by atoms with Crippen molar-refractivity contribution < 1.29 is 31.9 Å². The van der Waals surface area contributed by atoms with Crippen LogP contribution in [0.4, 0.5) is 20.6 Å². The molecule has 2 heterocycles. The predicted molar refractivity (Wildman–Crippen MR) is 137 cm³/mol. The van der Waals surface area contributed by atoms with Crippen LogP contribution in [0.15, 0.2) is 59.6 Å². The number of carbonyl (C=O) groups is 2. The topological polar surface area (TPSA) is 132 Å². The lowest BCUT2D eigenvalue weighted by atomic mass is 10.2. The van der Waals surface area contributed by atoms with Crippen molar-refractivity contribution in [2.24, 2.45) is 0 Å². The largest absolute Gasteiger partial charge is 0.484 e. The third-order valence-corrected chi connectivity index (χ3v) is 7.62. The predicted octanol–water partition coefficient (Wildman–Crippen LogP) is 3.52. The first-order valence-electron chi connectivity index (χ1n) is 11.8. The van der Waals surface area contributed by atoms with E-state index in [4.69, 9.17) is 9.47 Å². The van der Waals surface area contributed by atoms with Crippen molar-refractivity contribution in [3.8, 4) is 5.75 Å². The Hall–Kier alpha value is -4.13. The van der Waals surface area contributed by atoms with Gasteiger partial charge in [-0.15, -0.1) is 0 Å². The number of sulfonamides is 1. The Labute approximate surface area is 219 Å². The number of ether oxygens (including phenoxy) is 2. The number of carbonyl (C=O) groups excluding carboxylic acids is 2. The smallest absolute Gasteiger partial charge is 0.411 e. The monoisotopic (exact) mass is 545 g/mol. The minimum atomic E-state index is -4.24. The molecule has 4 rings (SSSR count). The summed E-state index contributed by atoms with van der Waals surface area (Å²) in [4.78, 5) is 23.6. The fourth-order valence-corrected chi connectivity index (χ4v) is 5.53. The van der Waals surface area contributed by atoms with Crippen LogP contribution in [0.25, 0.3) is 0 Å². The third-order valence-electron chi connectivity index (χ3n) is 5.73. The highest BCUT2D eigenvalue weighted by Crippen LogP contribution is 2.39. The van der Waals surface area contributed by atoms with Crippen molar-refractivity contribution in [1.82, 2.24) is 15.1 Å². The first-order chi connectivity index (χ1) is 18.0. The second-order valence-electron chi connectivity index (χ2n) is 8.72. The van der Waals surface area contributed by atoms with Gasteiger partial charge < -0.3 is 14.8 Å². The molecule has 0 bridgehead atoms. The summed E-state index contributed by atoms with van der Waals surface area (Å²) in [5.41, 5.74) is 1.36. The highest BCUT2D eigenvalue weighted by molar-refractivity contribution is 7.92. The van der Waals surface area contributed by atoms with Crippen LogP contribution in [0.1, 0.15) is 31.4 Å². The van der Waals surface area contributed by atoms with Crippen LogP contribution >= 0.6 is 0 Å². The molecular formula is C25H28FN5O6S. The Bertz CT molecular complexity index is 1430. The molecule has 2 N–H and O–H groups in total. The van der Waals surface area contributed by atoms with Gasteiger partial charge in [-0.05, 0) is 37.6 Å². The molecule has 11 nitrogen and oxygen atoms in total. The summed E-state index contributed by atoms with van der Waals surface area (Å²) in [6.07, 6.45) is -1.82. The number of nitrogens with zero attached hydrogens (tertiary/aromatic N) is 3. The first kappa shape index (κ1) is 26.9. The number of fused-ring (bicyclic) bond motifs is 1. The molecule has 1 aliphatic rings. The zero-order chi connectivity index (χ0) is 27.4. The molecule has 38 heavy (non-hydrogen) atoms. The summed E-state index contributed by atoms with van der Waals surface area (Å²) < 4.78 is 54.6. The van der Waals surface area contributed by atoms with E-state index >= 15 is 0 Å². The van der Waals surface area contributed by atoms with Crippen molar-refractivity contribution >= 4 is 33.4 Å². The first-order valence-corrected chi connectivity index (χ1v) is 13.2. The number of aromatic nitrogens is 2. The van der Waals surface area contributed by atoms with E-state index in [9.17, 15) is 22.4 Å². The zero-order valence-electron chi connectivity index (χ0n) is 21.0. The van der Waals surface area contributed by atoms with Gasteiger partial charge in [0.25, 0.3) is 10.0 Å². The molecule has 2 unspecified atom stereocenters. The number of benzene rings is 2. The average molecular weight is 546 g/mol. The highest BCUT2D eigenvalue weighted by Gasteiger charge is 2.37. The van der Waals surface area contributed by atoms with Crippen LogP contribution < -0.4 is 19.7 Å². The molecular weight excluding hydrogens is 517 g/mol. The number of nitrogens with one attached hydrogen (secondary N) is 2. The van der Waals surface area contributed by atoms with Gasteiger partial charge in [0.1, 0.15) is 23.4 Å². The number of rotatable bonds is 8. The Morgan fingerprint density at radius 1 is 1.24 bits per heavy atom. The maximum absolute atomic E-state index is 13.9. The van der Waals surface area contributed by atoms with Gasteiger partial charge in [-0.25, -0.2) is 22.3 Å².